The SMILES string of the molecule is CSCC(=O)N1CC(C)C(Br)C1. The molecule has 1 amide bonds. The van der Waals surface area contributed by atoms with Gasteiger partial charge in [-0.1, -0.05) is 22.9 Å². The van der Waals surface area contributed by atoms with Crippen LogP contribution in [0.5, 0.6) is 0 Å². The molecule has 1 aliphatic rings. The van der Waals surface area contributed by atoms with E-state index in [9.17, 15) is 4.79 Å². The van der Waals surface area contributed by atoms with Crippen LogP contribution in [0.1, 0.15) is 6.92 Å². The van der Waals surface area contributed by atoms with Crippen LogP contribution in [0.3, 0.4) is 0 Å². The molecule has 0 bridgehead atoms. The van der Waals surface area contributed by atoms with Crippen molar-refractivity contribution in [1.29, 1.82) is 0 Å². The van der Waals surface area contributed by atoms with Crippen molar-refractivity contribution in [1.82, 2.24) is 4.90 Å². The highest BCUT2D eigenvalue weighted by atomic mass is 79.9. The van der Waals surface area contributed by atoms with Crippen LogP contribution in [0.25, 0.3) is 0 Å². The van der Waals surface area contributed by atoms with Crippen molar-refractivity contribution in [2.24, 2.45) is 5.92 Å². The fourth-order valence-corrected chi connectivity index (χ4v) is 2.29. The van der Waals surface area contributed by atoms with Crippen molar-refractivity contribution in [2.75, 3.05) is 25.1 Å². The Morgan fingerprint density at radius 1 is 1.67 bits per heavy atom. The number of rotatable bonds is 2. The lowest BCUT2D eigenvalue weighted by Crippen LogP contribution is -2.30. The molecule has 2 nitrogen and oxygen atoms in total. The summed E-state index contributed by atoms with van der Waals surface area (Å²) >= 11 is 5.16. The molecule has 12 heavy (non-hydrogen) atoms. The molecule has 1 heterocycles. The molecule has 0 spiro atoms. The zero-order chi connectivity index (χ0) is 9.14. The van der Waals surface area contributed by atoms with Crippen LogP contribution in [0.4, 0.5) is 0 Å². The highest BCUT2D eigenvalue weighted by Gasteiger charge is 2.29. The van der Waals surface area contributed by atoms with E-state index >= 15 is 0 Å². The number of thioether (sulfide) groups is 1. The Balaban J connectivity index is 2.40. The van der Waals surface area contributed by atoms with E-state index in [2.05, 4.69) is 22.9 Å². The Morgan fingerprint density at radius 2 is 2.33 bits per heavy atom. The van der Waals surface area contributed by atoms with Gasteiger partial charge in [-0.25, -0.2) is 0 Å². The van der Waals surface area contributed by atoms with Gasteiger partial charge in [0.2, 0.25) is 5.91 Å². The predicted octanol–water partition coefficient (Wildman–Crippen LogP) is 1.59. The Morgan fingerprint density at radius 3 is 2.75 bits per heavy atom. The van der Waals surface area contributed by atoms with Gasteiger partial charge in [0.25, 0.3) is 0 Å². The molecule has 1 aliphatic heterocycles. The van der Waals surface area contributed by atoms with Gasteiger partial charge in [0.1, 0.15) is 0 Å². The monoisotopic (exact) mass is 251 g/mol. The van der Waals surface area contributed by atoms with E-state index < -0.39 is 0 Å². The van der Waals surface area contributed by atoms with Crippen molar-refractivity contribution in [3.05, 3.63) is 0 Å². The maximum Gasteiger partial charge on any atom is 0.232 e. The molecule has 1 rings (SSSR count). The number of hydrogen-bond donors (Lipinski definition) is 0. The third kappa shape index (κ3) is 2.39. The molecule has 0 aliphatic carbocycles. The molecule has 1 saturated heterocycles. The molecule has 0 radical (unpaired) electrons. The molecule has 0 aromatic heterocycles. The van der Waals surface area contributed by atoms with Crippen LogP contribution in [0, 0.1) is 5.92 Å². The molecule has 0 aromatic carbocycles. The van der Waals surface area contributed by atoms with Gasteiger partial charge in [-0.15, -0.1) is 0 Å². The lowest BCUT2D eigenvalue weighted by Gasteiger charge is -2.14. The molecular weight excluding hydrogens is 238 g/mol. The van der Waals surface area contributed by atoms with E-state index in [1.165, 1.54) is 0 Å². The fraction of sp³-hybridized carbons (Fsp3) is 0.875. The summed E-state index contributed by atoms with van der Waals surface area (Å²) in [7, 11) is 0. The molecular formula is C8H14BrNOS. The predicted molar refractivity (Wildman–Crippen MR) is 56.8 cm³/mol. The third-order valence-electron chi connectivity index (χ3n) is 2.14. The van der Waals surface area contributed by atoms with Gasteiger partial charge in [0.15, 0.2) is 0 Å². The molecule has 4 heteroatoms. The number of halogens is 1. The van der Waals surface area contributed by atoms with Crippen LogP contribution in [0.15, 0.2) is 0 Å². The molecule has 70 valence electrons. The van der Waals surface area contributed by atoms with Crippen LogP contribution in [-0.2, 0) is 4.79 Å². The largest absolute Gasteiger partial charge is 0.341 e. The maximum absolute atomic E-state index is 11.4. The van der Waals surface area contributed by atoms with E-state index in [0.717, 1.165) is 13.1 Å². The standard InChI is InChI=1S/C8H14BrNOS/c1-6-3-10(4-7(6)9)8(11)5-12-2/h6-7H,3-5H2,1-2H3. The van der Waals surface area contributed by atoms with Crippen molar-refractivity contribution in [3.8, 4) is 0 Å². The van der Waals surface area contributed by atoms with Crippen LogP contribution in [-0.4, -0.2) is 40.7 Å². The van der Waals surface area contributed by atoms with E-state index in [4.69, 9.17) is 0 Å². The van der Waals surface area contributed by atoms with Gasteiger partial charge in [0.05, 0.1) is 5.75 Å². The topological polar surface area (TPSA) is 20.3 Å². The molecule has 1 fully saturated rings. The second-order valence-corrected chi connectivity index (χ2v) is 5.27. The number of likely N-dealkylation sites (tertiary alicyclic amines) is 1. The first-order valence-corrected chi connectivity index (χ1v) is 6.37. The van der Waals surface area contributed by atoms with Gasteiger partial charge in [-0.3, -0.25) is 4.79 Å². The van der Waals surface area contributed by atoms with Crippen LogP contribution >= 0.6 is 27.7 Å². The number of carbonyl (C=O) groups excluding carboxylic acids is 1. The first-order chi connectivity index (χ1) is 5.65. The van der Waals surface area contributed by atoms with E-state index in [-0.39, 0.29) is 5.91 Å². The summed E-state index contributed by atoms with van der Waals surface area (Å²) in [5.74, 6) is 1.49. The zero-order valence-corrected chi connectivity index (χ0v) is 9.82. The minimum absolute atomic E-state index is 0.274. The van der Waals surface area contributed by atoms with Gasteiger partial charge < -0.3 is 4.90 Å². The Kier molecular flexibility index (Phi) is 3.90. The Bertz CT molecular complexity index is 166. The summed E-state index contributed by atoms with van der Waals surface area (Å²) in [5, 5.41) is 0. The number of alkyl halides is 1. The van der Waals surface area contributed by atoms with E-state index in [0.29, 0.717) is 16.5 Å². The number of nitrogens with zero attached hydrogens (tertiary/aromatic N) is 1. The number of hydrogen-bond acceptors (Lipinski definition) is 2. The summed E-state index contributed by atoms with van der Waals surface area (Å²) < 4.78 is 0. The van der Waals surface area contributed by atoms with Gasteiger partial charge in [0, 0.05) is 17.9 Å². The van der Waals surface area contributed by atoms with Crippen molar-refractivity contribution < 1.29 is 4.79 Å². The van der Waals surface area contributed by atoms with Gasteiger partial charge in [-0.2, -0.15) is 11.8 Å². The maximum atomic E-state index is 11.4. The third-order valence-corrected chi connectivity index (χ3v) is 3.87. The normalized spacial score (nSPS) is 29.4. The fourth-order valence-electron chi connectivity index (χ4n) is 1.35. The van der Waals surface area contributed by atoms with E-state index in [1.54, 1.807) is 11.8 Å². The summed E-state index contributed by atoms with van der Waals surface area (Å²) in [6, 6.07) is 0. The van der Waals surface area contributed by atoms with Crippen molar-refractivity contribution in [2.45, 2.75) is 11.8 Å². The number of carbonyl (C=O) groups is 1. The quantitative estimate of drug-likeness (QED) is 0.696. The van der Waals surface area contributed by atoms with Gasteiger partial charge in [-0.05, 0) is 12.2 Å². The first-order valence-electron chi connectivity index (χ1n) is 4.06. The first kappa shape index (κ1) is 10.4. The highest BCUT2D eigenvalue weighted by molar-refractivity contribution is 9.09. The molecule has 2 atom stereocenters. The van der Waals surface area contributed by atoms with Gasteiger partial charge >= 0.3 is 0 Å². The van der Waals surface area contributed by atoms with Crippen LogP contribution in [0.2, 0.25) is 0 Å². The number of amides is 1. The highest BCUT2D eigenvalue weighted by Crippen LogP contribution is 2.23. The zero-order valence-electron chi connectivity index (χ0n) is 7.42. The van der Waals surface area contributed by atoms with E-state index in [1.807, 2.05) is 11.2 Å². The molecule has 2 unspecified atom stereocenters. The molecule has 0 saturated carbocycles. The summed E-state index contributed by atoms with van der Waals surface area (Å²) in [6.45, 7) is 3.96. The summed E-state index contributed by atoms with van der Waals surface area (Å²) in [6.07, 6.45) is 1.96. The lowest BCUT2D eigenvalue weighted by atomic mass is 10.2. The molecule has 0 N–H and O–H groups in total. The van der Waals surface area contributed by atoms with Crippen LogP contribution < -0.4 is 0 Å². The lowest BCUT2D eigenvalue weighted by molar-refractivity contribution is -0.127. The average molecular weight is 252 g/mol. The second-order valence-electron chi connectivity index (χ2n) is 3.23. The summed E-state index contributed by atoms with van der Waals surface area (Å²) in [5.41, 5.74) is 0. The second kappa shape index (κ2) is 4.51. The minimum Gasteiger partial charge on any atom is -0.341 e. The van der Waals surface area contributed by atoms with Crippen molar-refractivity contribution >= 4 is 33.6 Å². The summed E-state index contributed by atoms with van der Waals surface area (Å²) in [4.78, 5) is 13.9. The Labute approximate surface area is 86.2 Å². The van der Waals surface area contributed by atoms with Crippen molar-refractivity contribution in [3.63, 3.8) is 0 Å². The smallest absolute Gasteiger partial charge is 0.232 e. The Hall–Kier alpha value is 0.300. The average Bonchev–Trinajstić information content (AvgIpc) is 2.33. The minimum atomic E-state index is 0.274. The molecule has 0 aromatic rings.